The van der Waals surface area contributed by atoms with Gasteiger partial charge in [0.2, 0.25) is 0 Å². The van der Waals surface area contributed by atoms with Crippen LogP contribution in [0.2, 0.25) is 0 Å². The third-order valence-electron chi connectivity index (χ3n) is 11.3. The molecule has 0 amide bonds. The van der Waals surface area contributed by atoms with Gasteiger partial charge in [-0.15, -0.1) is 0 Å². The molecule has 244 valence electrons. The predicted molar refractivity (Wildman–Crippen MR) is 208 cm³/mol. The summed E-state index contributed by atoms with van der Waals surface area (Å²) >= 11 is 0. The van der Waals surface area contributed by atoms with Crippen molar-refractivity contribution >= 4 is 10.8 Å². The molecule has 0 aliphatic heterocycles. The fourth-order valence-electron chi connectivity index (χ4n) is 7.87. The minimum Gasteiger partial charge on any atom is -0.0574 e. The van der Waals surface area contributed by atoms with E-state index in [2.05, 4.69) is 168 Å². The lowest BCUT2D eigenvalue weighted by molar-refractivity contribution is 0.937. The number of benzene rings is 6. The number of rotatable bonds is 6. The fourth-order valence-corrected chi connectivity index (χ4v) is 7.87. The predicted octanol–water partition coefficient (Wildman–Crippen LogP) is 12.9. The molecule has 0 unspecified atom stereocenters. The summed E-state index contributed by atoms with van der Waals surface area (Å²) in [6, 6.07) is 33.6. The van der Waals surface area contributed by atoms with Gasteiger partial charge in [0.05, 0.1) is 0 Å². The molecule has 0 heteroatoms. The largest absolute Gasteiger partial charge is 0.0574 e. The highest BCUT2D eigenvalue weighted by atomic mass is 14.3. The molecule has 0 nitrogen and oxygen atoms in total. The molecule has 6 aromatic carbocycles. The van der Waals surface area contributed by atoms with Crippen molar-refractivity contribution in [1.82, 2.24) is 0 Å². The van der Waals surface area contributed by atoms with Crippen LogP contribution in [0.3, 0.4) is 0 Å². The van der Waals surface area contributed by atoms with Gasteiger partial charge in [-0.05, 0) is 194 Å². The Labute approximate surface area is 289 Å². The molecule has 0 aliphatic carbocycles. The first-order chi connectivity index (χ1) is 22.7. The van der Waals surface area contributed by atoms with E-state index in [1.165, 1.54) is 111 Å². The Morgan fingerprint density at radius 2 is 0.479 bits per heavy atom. The molecule has 0 radical (unpaired) electrons. The van der Waals surface area contributed by atoms with Gasteiger partial charge in [0, 0.05) is 11.8 Å². The summed E-state index contributed by atoms with van der Waals surface area (Å²) in [6.07, 6.45) is 0. The molecule has 0 N–H and O–H groups in total. The minimum absolute atomic E-state index is 0.164. The van der Waals surface area contributed by atoms with Gasteiger partial charge in [0.15, 0.2) is 0 Å². The second-order valence-electron chi connectivity index (χ2n) is 14.9. The molecule has 0 spiro atoms. The summed E-state index contributed by atoms with van der Waals surface area (Å²) in [6.45, 7) is 27.0. The second kappa shape index (κ2) is 12.9. The summed E-state index contributed by atoms with van der Waals surface area (Å²) in [7, 11) is 0. The van der Waals surface area contributed by atoms with Crippen LogP contribution < -0.4 is 0 Å². The topological polar surface area (TPSA) is 0 Å². The van der Waals surface area contributed by atoms with E-state index in [0.29, 0.717) is 0 Å². The number of hydrogen-bond donors (Lipinski definition) is 0. The molecule has 0 bridgehead atoms. The van der Waals surface area contributed by atoms with Crippen LogP contribution in [0.15, 0.2) is 84.9 Å². The first kappa shape index (κ1) is 33.5. The zero-order chi connectivity index (χ0) is 34.6. The summed E-state index contributed by atoms with van der Waals surface area (Å²) in [5, 5.41) is 2.58. The van der Waals surface area contributed by atoms with Gasteiger partial charge in [0.1, 0.15) is 0 Å². The van der Waals surface area contributed by atoms with Gasteiger partial charge in [0.25, 0.3) is 0 Å². The Hall–Kier alpha value is -4.42. The van der Waals surface area contributed by atoms with Gasteiger partial charge >= 0.3 is 0 Å². The molecule has 0 saturated heterocycles. The maximum Gasteiger partial charge on any atom is 0.0345 e. The second-order valence-corrected chi connectivity index (χ2v) is 14.9. The van der Waals surface area contributed by atoms with Crippen LogP contribution in [0.5, 0.6) is 0 Å². The highest BCUT2D eigenvalue weighted by molar-refractivity contribution is 5.85. The number of fused-ring (bicyclic) bond motifs is 1. The molecule has 0 saturated carbocycles. The quantitative estimate of drug-likeness (QED) is 0.161. The molecule has 0 fully saturated rings. The zero-order valence-corrected chi connectivity index (χ0v) is 31.2. The Bertz CT molecular complexity index is 1930. The Morgan fingerprint density at radius 1 is 0.250 bits per heavy atom. The van der Waals surface area contributed by atoms with Gasteiger partial charge in [-0.3, -0.25) is 0 Å². The van der Waals surface area contributed by atoms with E-state index < -0.39 is 0 Å². The summed E-state index contributed by atoms with van der Waals surface area (Å²) in [5.74, 6) is 0.327. The van der Waals surface area contributed by atoms with Crippen LogP contribution >= 0.6 is 0 Å². The first-order valence-electron chi connectivity index (χ1n) is 17.6. The van der Waals surface area contributed by atoms with E-state index in [-0.39, 0.29) is 11.8 Å². The van der Waals surface area contributed by atoms with E-state index >= 15 is 0 Å². The van der Waals surface area contributed by atoms with E-state index in [1.54, 1.807) is 0 Å². The summed E-state index contributed by atoms with van der Waals surface area (Å²) in [5.41, 5.74) is 24.5. The van der Waals surface area contributed by atoms with Crippen LogP contribution in [-0.2, 0) is 0 Å². The molecule has 6 rings (SSSR count). The highest BCUT2D eigenvalue weighted by Gasteiger charge is 2.25. The first-order valence-corrected chi connectivity index (χ1v) is 17.6. The lowest BCUT2D eigenvalue weighted by Gasteiger charge is -2.26. The van der Waals surface area contributed by atoms with Crippen molar-refractivity contribution in [1.29, 1.82) is 0 Å². The molecule has 0 aromatic heterocycles. The van der Waals surface area contributed by atoms with Crippen LogP contribution in [-0.4, -0.2) is 0 Å². The number of hydrogen-bond acceptors (Lipinski definition) is 0. The van der Waals surface area contributed by atoms with Gasteiger partial charge in [-0.25, -0.2) is 0 Å². The molecule has 6 aromatic rings. The van der Waals surface area contributed by atoms with Crippen molar-refractivity contribution in [3.8, 4) is 0 Å². The maximum atomic E-state index is 2.45. The third-order valence-corrected chi connectivity index (χ3v) is 11.3. The Morgan fingerprint density at radius 3 is 0.729 bits per heavy atom. The van der Waals surface area contributed by atoms with Gasteiger partial charge in [-0.1, -0.05) is 84.9 Å². The SMILES string of the molecule is Cc1cc(C)c(C(c2ccc3cc(C(c4cc(C)c(C)cc4C)c4cc(C)c(C)cc4C)ccc3c2)c2cc(C)c(C)cc2C)cc1C. The smallest absolute Gasteiger partial charge is 0.0345 e. The van der Waals surface area contributed by atoms with Crippen LogP contribution in [0.4, 0.5) is 0 Å². The fraction of sp³-hybridized carbons (Fsp3) is 0.292. The molecular weight excluding hydrogens is 577 g/mol. The van der Waals surface area contributed by atoms with Crippen molar-refractivity contribution < 1.29 is 0 Å². The van der Waals surface area contributed by atoms with Crippen molar-refractivity contribution in [3.63, 3.8) is 0 Å². The maximum absolute atomic E-state index is 2.45. The number of aryl methyl sites for hydroxylation is 12. The lowest BCUT2D eigenvalue weighted by atomic mass is 9.77. The van der Waals surface area contributed by atoms with Gasteiger partial charge < -0.3 is 0 Å². The van der Waals surface area contributed by atoms with Crippen molar-refractivity contribution in [2.75, 3.05) is 0 Å². The van der Waals surface area contributed by atoms with E-state index in [0.717, 1.165) is 0 Å². The zero-order valence-electron chi connectivity index (χ0n) is 31.2. The Kier molecular flexibility index (Phi) is 8.99. The minimum atomic E-state index is 0.164. The molecule has 0 aliphatic rings. The third kappa shape index (κ3) is 6.14. The average molecular weight is 629 g/mol. The molecule has 48 heavy (non-hydrogen) atoms. The average Bonchev–Trinajstić information content (AvgIpc) is 3.03. The standard InChI is InChI=1S/C48H52/c1-27-17-35(9)43(21-31(27)5)47(44-22-32(6)28(2)18-36(44)10)41-15-13-40-26-42(16-14-39(40)25-41)48(45-23-33(7)29(3)19-37(45)11)46-24-34(8)30(4)20-38(46)12/h13-26,47-48H,1-12H3. The molecule has 0 heterocycles. The monoisotopic (exact) mass is 628 g/mol. The van der Waals surface area contributed by atoms with E-state index in [4.69, 9.17) is 0 Å². The van der Waals surface area contributed by atoms with Gasteiger partial charge in [-0.2, -0.15) is 0 Å². The van der Waals surface area contributed by atoms with E-state index in [9.17, 15) is 0 Å². The van der Waals surface area contributed by atoms with Crippen LogP contribution in [0.25, 0.3) is 10.8 Å². The molecule has 0 atom stereocenters. The lowest BCUT2D eigenvalue weighted by Crippen LogP contribution is -2.10. The highest BCUT2D eigenvalue weighted by Crippen LogP contribution is 2.41. The summed E-state index contributed by atoms with van der Waals surface area (Å²) < 4.78 is 0. The van der Waals surface area contributed by atoms with Crippen LogP contribution in [0, 0.1) is 83.1 Å². The Balaban J connectivity index is 1.54. The van der Waals surface area contributed by atoms with E-state index in [1.807, 2.05) is 0 Å². The van der Waals surface area contributed by atoms with Crippen molar-refractivity contribution in [2.24, 2.45) is 0 Å². The van der Waals surface area contributed by atoms with Crippen molar-refractivity contribution in [2.45, 2.75) is 94.9 Å². The van der Waals surface area contributed by atoms with Crippen molar-refractivity contribution in [3.05, 3.63) is 185 Å². The normalized spacial score (nSPS) is 11.7. The molecular formula is C48H52. The van der Waals surface area contributed by atoms with Crippen LogP contribution in [0.1, 0.15) is 112 Å². The summed E-state index contributed by atoms with van der Waals surface area (Å²) in [4.78, 5) is 0.